The molecule has 0 aliphatic rings. The molecule has 0 fully saturated rings. The second-order valence-electron chi connectivity index (χ2n) is 26.6. The van der Waals surface area contributed by atoms with Crippen LogP contribution in [0.2, 0.25) is 0 Å². The lowest BCUT2D eigenvalue weighted by Gasteiger charge is -2.22. The number of phenolic OH excluding ortho intramolecular Hbond substituents is 1. The summed E-state index contributed by atoms with van der Waals surface area (Å²) in [6, 6.07) is 66.6. The number of benzene rings is 8. The molecule has 0 radical (unpaired) electrons. The Kier molecular flexibility index (Phi) is 15.0. The van der Waals surface area contributed by atoms with Crippen LogP contribution in [0.25, 0.3) is 88.7 Å². The molecule has 436 valence electrons. The number of pyridine rings is 2. The topological polar surface area (TPSA) is 101 Å². The number of halogens is 1. The van der Waals surface area contributed by atoms with Crippen molar-refractivity contribution >= 4 is 81.6 Å². The largest absolute Gasteiger partial charge is 0.508 e. The zero-order valence-electron chi connectivity index (χ0n) is 51.6. The Bertz CT molecular complexity index is 4880. The van der Waals surface area contributed by atoms with Crippen LogP contribution in [-0.2, 0) is 21.7 Å². The summed E-state index contributed by atoms with van der Waals surface area (Å²) in [5, 5.41) is 14.6. The highest BCUT2D eigenvalue weighted by atomic mass is 79.9. The lowest BCUT2D eigenvalue weighted by molar-refractivity contribution is 0.476. The van der Waals surface area contributed by atoms with E-state index in [1.807, 2.05) is 79.6 Å². The van der Waals surface area contributed by atoms with Gasteiger partial charge in [0.15, 0.2) is 0 Å². The quantitative estimate of drug-likeness (QED) is 0.178. The number of aromatic hydroxyl groups is 1. The average molecular weight is 1210 g/mol. The van der Waals surface area contributed by atoms with E-state index in [1.54, 1.807) is 12.1 Å². The second kappa shape index (κ2) is 22.5. The molecule has 0 unspecified atom stereocenters. The van der Waals surface area contributed by atoms with Gasteiger partial charge in [0.05, 0.1) is 49.8 Å². The van der Waals surface area contributed by atoms with Crippen LogP contribution in [0.4, 0.5) is 0 Å². The van der Waals surface area contributed by atoms with E-state index in [2.05, 4.69) is 260 Å². The van der Waals surface area contributed by atoms with Crippen molar-refractivity contribution in [3.8, 4) is 40.3 Å². The van der Waals surface area contributed by atoms with Crippen LogP contribution in [0, 0.1) is 0 Å². The summed E-state index contributed by atoms with van der Waals surface area (Å²) in [5.74, 6) is 3.60. The molecule has 0 saturated carbocycles. The van der Waals surface area contributed by atoms with E-state index in [1.165, 1.54) is 33.0 Å². The third-order valence-electron chi connectivity index (χ3n) is 16.2. The fourth-order valence-electron chi connectivity index (χ4n) is 11.3. The molecule has 0 saturated heterocycles. The van der Waals surface area contributed by atoms with Gasteiger partial charge in [-0.1, -0.05) is 160 Å². The van der Waals surface area contributed by atoms with Gasteiger partial charge >= 0.3 is 0 Å². The molecule has 14 aromatic rings. The van der Waals surface area contributed by atoms with Crippen LogP contribution in [0.3, 0.4) is 0 Å². The molecular formula is C76H73BrN8O2. The first-order valence-corrected chi connectivity index (χ1v) is 30.4. The number of ether oxygens (including phenoxy) is 1. The maximum Gasteiger partial charge on any atom is 0.137 e. The van der Waals surface area contributed by atoms with E-state index < -0.39 is 0 Å². The molecule has 0 bridgehead atoms. The molecule has 1 N–H and O–H groups in total. The van der Waals surface area contributed by atoms with Crippen molar-refractivity contribution in [3.05, 3.63) is 246 Å². The Balaban J connectivity index is 0.000000141. The van der Waals surface area contributed by atoms with Crippen molar-refractivity contribution in [1.82, 2.24) is 38.2 Å². The number of aromatic nitrogens is 8. The molecule has 0 spiro atoms. The average Bonchev–Trinajstić information content (AvgIpc) is 1.81. The zero-order valence-corrected chi connectivity index (χ0v) is 53.2. The maximum absolute atomic E-state index is 9.98. The highest BCUT2D eigenvalue weighted by Crippen LogP contribution is 2.39. The van der Waals surface area contributed by atoms with Crippen LogP contribution >= 0.6 is 15.9 Å². The first kappa shape index (κ1) is 58.1. The van der Waals surface area contributed by atoms with Crippen molar-refractivity contribution in [3.63, 3.8) is 0 Å². The first-order chi connectivity index (χ1) is 41.5. The van der Waals surface area contributed by atoms with E-state index >= 15 is 0 Å². The van der Waals surface area contributed by atoms with Gasteiger partial charge in [-0.2, -0.15) is 0 Å². The third kappa shape index (κ3) is 11.8. The second-order valence-corrected chi connectivity index (χ2v) is 27.5. The van der Waals surface area contributed by atoms with Gasteiger partial charge in [0.2, 0.25) is 0 Å². The van der Waals surface area contributed by atoms with Crippen LogP contribution in [0.15, 0.2) is 224 Å². The van der Waals surface area contributed by atoms with Gasteiger partial charge in [-0.25, -0.2) is 19.9 Å². The number of hydrogen-bond acceptors (Lipinski definition) is 6. The lowest BCUT2D eigenvalue weighted by atomic mass is 9.86. The molecule has 8 aromatic carbocycles. The highest BCUT2D eigenvalue weighted by Gasteiger charge is 2.23. The molecule has 6 aromatic heterocycles. The summed E-state index contributed by atoms with van der Waals surface area (Å²) >= 11 is 3.62. The van der Waals surface area contributed by atoms with Crippen LogP contribution in [0.1, 0.15) is 105 Å². The van der Waals surface area contributed by atoms with E-state index in [9.17, 15) is 5.11 Å². The van der Waals surface area contributed by atoms with Gasteiger partial charge < -0.3 is 9.84 Å². The van der Waals surface area contributed by atoms with E-state index in [0.717, 1.165) is 93.9 Å². The SMILES string of the molecule is CC(C)(C)c1cc(Br)cc(-n2cnc3ccccc32)c1.CC(C)(C)c1cc(Oc2ccc3c4ccccc4n(-c4cc(C(C)(C)C)ccn4)c3c2)cc(-n2cnc3ccccc32)c1.CC(C)(C)c1ccnc(-n2c3ccccc3c3ccc(O)cc32)c1. The van der Waals surface area contributed by atoms with Gasteiger partial charge in [-0.15, -0.1) is 0 Å². The molecule has 10 nitrogen and oxygen atoms in total. The fourth-order valence-corrected chi connectivity index (χ4v) is 11.8. The number of hydrogen-bond donors (Lipinski definition) is 1. The van der Waals surface area contributed by atoms with E-state index in [-0.39, 0.29) is 27.4 Å². The monoisotopic (exact) mass is 1210 g/mol. The Morgan fingerprint density at radius 3 is 1.29 bits per heavy atom. The highest BCUT2D eigenvalue weighted by molar-refractivity contribution is 9.10. The number of fused-ring (bicyclic) bond motifs is 8. The Labute approximate surface area is 517 Å². The predicted octanol–water partition coefficient (Wildman–Crippen LogP) is 20.2. The minimum absolute atomic E-state index is 0.0149. The molecule has 0 aliphatic carbocycles. The van der Waals surface area contributed by atoms with Gasteiger partial charge in [0, 0.05) is 62.3 Å². The first-order valence-electron chi connectivity index (χ1n) is 29.6. The number of nitrogens with zero attached hydrogens (tertiary/aromatic N) is 8. The summed E-state index contributed by atoms with van der Waals surface area (Å²) in [6.45, 7) is 26.7. The molecule has 87 heavy (non-hydrogen) atoms. The van der Waals surface area contributed by atoms with Crippen LogP contribution in [0.5, 0.6) is 17.2 Å². The number of para-hydroxylation sites is 6. The third-order valence-corrected chi connectivity index (χ3v) is 16.6. The number of rotatable bonds is 6. The standard InChI is InChI=1S/C38H36N4O.C21H20N2O.C17H17BrN2/c1-37(2,3)25-17-18-39-36(21-25)42-33-13-9-7-11-30(33)31-16-15-28(23-35(31)42)43-29-20-26(38(4,5)6)19-27(22-29)41-24-40-32-12-8-10-14-34(32)41;1-21(2,3)14-10-11-22-20(12-14)23-18-7-5-4-6-16(18)17-9-8-15(24)13-19(17)23;1-17(2,3)12-8-13(18)10-14(9-12)20-11-19-15-6-4-5-7-16(15)20/h7-24H,1-6H3;4-13,24H,1-3H3;4-11H,1-3H3. The van der Waals surface area contributed by atoms with Gasteiger partial charge in [-0.05, 0) is 159 Å². The minimum atomic E-state index is -0.0649. The van der Waals surface area contributed by atoms with Gasteiger partial charge in [-0.3, -0.25) is 18.3 Å². The van der Waals surface area contributed by atoms with Crippen molar-refractivity contribution in [2.24, 2.45) is 0 Å². The normalized spacial score (nSPS) is 12.2. The van der Waals surface area contributed by atoms with Crippen molar-refractivity contribution in [2.45, 2.75) is 105 Å². The maximum atomic E-state index is 9.98. The summed E-state index contributed by atoms with van der Waals surface area (Å²) in [4.78, 5) is 18.5. The van der Waals surface area contributed by atoms with Crippen molar-refractivity contribution in [1.29, 1.82) is 0 Å². The molecule has 11 heteroatoms. The van der Waals surface area contributed by atoms with Crippen molar-refractivity contribution < 1.29 is 9.84 Å². The Morgan fingerprint density at radius 1 is 0.356 bits per heavy atom. The van der Waals surface area contributed by atoms with E-state index in [4.69, 9.17) is 9.72 Å². The Morgan fingerprint density at radius 2 is 0.782 bits per heavy atom. The molecular weight excluding hydrogens is 1140 g/mol. The van der Waals surface area contributed by atoms with Gasteiger partial charge in [0.1, 0.15) is 41.5 Å². The van der Waals surface area contributed by atoms with Crippen LogP contribution in [-0.4, -0.2) is 43.3 Å². The molecule has 0 aliphatic heterocycles. The molecule has 0 amide bonds. The minimum Gasteiger partial charge on any atom is -0.508 e. The summed E-state index contributed by atoms with van der Waals surface area (Å²) in [5.41, 5.74) is 15.7. The molecule has 6 heterocycles. The number of imidazole rings is 2. The number of phenols is 1. The smallest absolute Gasteiger partial charge is 0.137 e. The van der Waals surface area contributed by atoms with Gasteiger partial charge in [0.25, 0.3) is 0 Å². The van der Waals surface area contributed by atoms with E-state index in [0.29, 0.717) is 0 Å². The molecule has 14 rings (SSSR count). The summed E-state index contributed by atoms with van der Waals surface area (Å²) < 4.78 is 16.4. The summed E-state index contributed by atoms with van der Waals surface area (Å²) in [6.07, 6.45) is 7.55. The summed E-state index contributed by atoms with van der Waals surface area (Å²) in [7, 11) is 0. The zero-order chi connectivity index (χ0) is 61.2. The lowest BCUT2D eigenvalue weighted by Crippen LogP contribution is -2.12. The molecule has 0 atom stereocenters. The Hall–Kier alpha value is -9.32. The van der Waals surface area contributed by atoms with Crippen LogP contribution < -0.4 is 4.74 Å². The van der Waals surface area contributed by atoms with Crippen molar-refractivity contribution in [2.75, 3.05) is 0 Å². The predicted molar refractivity (Wildman–Crippen MR) is 364 cm³/mol. The fraction of sp³-hybridized carbons (Fsp3) is 0.211.